The van der Waals surface area contributed by atoms with Crippen molar-refractivity contribution in [3.8, 4) is 5.75 Å². The topological polar surface area (TPSA) is 55.8 Å². The molecule has 2 aromatic carbocycles. The molecule has 1 aliphatic carbocycles. The maximum Gasteiger partial charge on any atom is 0.339 e. The van der Waals surface area contributed by atoms with Gasteiger partial charge >= 0.3 is 5.97 Å². The van der Waals surface area contributed by atoms with Crippen LogP contribution in [-0.4, -0.2) is 36.0 Å². The Kier molecular flexibility index (Phi) is 4.37. The number of benzene rings is 2. The number of hydrogen-bond donors (Lipinski definition) is 0. The van der Waals surface area contributed by atoms with Gasteiger partial charge in [0.15, 0.2) is 6.10 Å². The fraction of sp³-hybridized carbons (Fsp3) is 0.333. The largest absolute Gasteiger partial charge is 0.497 e. The van der Waals surface area contributed by atoms with Crippen LogP contribution in [0.15, 0.2) is 48.5 Å². The molecule has 1 heterocycles. The van der Waals surface area contributed by atoms with Gasteiger partial charge < -0.3 is 14.4 Å². The van der Waals surface area contributed by atoms with Crippen molar-refractivity contribution in [3.05, 3.63) is 65.2 Å². The second-order valence-corrected chi connectivity index (χ2v) is 6.80. The molecular weight excluding hydrogens is 330 g/mol. The molecule has 1 unspecified atom stereocenters. The van der Waals surface area contributed by atoms with Crippen molar-refractivity contribution in [2.24, 2.45) is 0 Å². The van der Waals surface area contributed by atoms with Crippen LogP contribution in [0.5, 0.6) is 5.75 Å². The standard InChI is InChI=1S/C21H21NO4/c1-25-17-10-6-14(7-11-17)13-22(16-8-9-16)20(23)19-12-15-4-2-3-5-18(15)21(24)26-19/h2-7,10-11,16,19H,8-9,12-13H2,1H3. The van der Waals surface area contributed by atoms with Crippen molar-refractivity contribution in [3.63, 3.8) is 0 Å². The number of amides is 1. The van der Waals surface area contributed by atoms with Gasteiger partial charge in [-0.1, -0.05) is 30.3 Å². The van der Waals surface area contributed by atoms with Crippen molar-refractivity contribution in [2.45, 2.75) is 38.0 Å². The first-order valence-corrected chi connectivity index (χ1v) is 8.88. The molecule has 0 bridgehead atoms. The fourth-order valence-electron chi connectivity index (χ4n) is 3.36. The summed E-state index contributed by atoms with van der Waals surface area (Å²) in [7, 11) is 1.63. The zero-order chi connectivity index (χ0) is 18.1. The smallest absolute Gasteiger partial charge is 0.339 e. The summed E-state index contributed by atoms with van der Waals surface area (Å²) >= 11 is 0. The Morgan fingerprint density at radius 2 is 1.88 bits per heavy atom. The second-order valence-electron chi connectivity index (χ2n) is 6.80. The van der Waals surface area contributed by atoms with Gasteiger partial charge in [-0.05, 0) is 42.2 Å². The van der Waals surface area contributed by atoms with Gasteiger partial charge in [0.25, 0.3) is 5.91 Å². The molecule has 1 fully saturated rings. The summed E-state index contributed by atoms with van der Waals surface area (Å²) in [5, 5.41) is 0. The summed E-state index contributed by atoms with van der Waals surface area (Å²) < 4.78 is 10.6. The van der Waals surface area contributed by atoms with Gasteiger partial charge in [0.1, 0.15) is 5.75 Å². The normalized spacial score (nSPS) is 18.7. The Balaban J connectivity index is 1.52. The van der Waals surface area contributed by atoms with Crippen LogP contribution in [0.2, 0.25) is 0 Å². The van der Waals surface area contributed by atoms with E-state index in [4.69, 9.17) is 9.47 Å². The number of carbonyl (C=O) groups excluding carboxylic acids is 2. The first-order valence-electron chi connectivity index (χ1n) is 8.88. The quantitative estimate of drug-likeness (QED) is 0.777. The van der Waals surface area contributed by atoms with E-state index in [9.17, 15) is 9.59 Å². The number of methoxy groups -OCH3 is 1. The molecule has 134 valence electrons. The van der Waals surface area contributed by atoms with Crippen LogP contribution in [0.4, 0.5) is 0 Å². The van der Waals surface area contributed by atoms with E-state index >= 15 is 0 Å². The number of ether oxygens (including phenoxy) is 2. The van der Waals surface area contributed by atoms with E-state index in [2.05, 4.69) is 0 Å². The Labute approximate surface area is 152 Å². The molecular formula is C21H21NO4. The van der Waals surface area contributed by atoms with Crippen LogP contribution in [0.25, 0.3) is 0 Å². The van der Waals surface area contributed by atoms with Gasteiger partial charge in [-0.25, -0.2) is 4.79 Å². The molecule has 26 heavy (non-hydrogen) atoms. The third-order valence-corrected chi connectivity index (χ3v) is 4.95. The Morgan fingerprint density at radius 1 is 1.15 bits per heavy atom. The fourth-order valence-corrected chi connectivity index (χ4v) is 3.36. The molecule has 0 saturated heterocycles. The molecule has 2 aliphatic rings. The van der Waals surface area contributed by atoms with Crippen molar-refractivity contribution in [1.29, 1.82) is 0 Å². The first kappa shape index (κ1) is 16.6. The highest BCUT2D eigenvalue weighted by molar-refractivity contribution is 5.95. The maximum atomic E-state index is 13.1. The number of rotatable bonds is 5. The summed E-state index contributed by atoms with van der Waals surface area (Å²) in [6.07, 6.45) is 1.70. The molecule has 1 amide bonds. The summed E-state index contributed by atoms with van der Waals surface area (Å²) in [6, 6.07) is 15.3. The Hall–Kier alpha value is -2.82. The molecule has 0 radical (unpaired) electrons. The second kappa shape index (κ2) is 6.83. The molecule has 4 rings (SSSR count). The number of hydrogen-bond acceptors (Lipinski definition) is 4. The van der Waals surface area contributed by atoms with E-state index in [0.717, 1.165) is 29.7 Å². The van der Waals surface area contributed by atoms with Crippen molar-refractivity contribution < 1.29 is 19.1 Å². The van der Waals surface area contributed by atoms with Crippen molar-refractivity contribution >= 4 is 11.9 Å². The summed E-state index contributed by atoms with van der Waals surface area (Å²) in [5.74, 6) is 0.271. The zero-order valence-electron chi connectivity index (χ0n) is 14.7. The molecule has 2 aromatic rings. The Bertz CT molecular complexity index is 826. The minimum atomic E-state index is -0.740. The van der Waals surface area contributed by atoms with Gasteiger partial charge in [-0.15, -0.1) is 0 Å². The molecule has 0 N–H and O–H groups in total. The van der Waals surface area contributed by atoms with E-state index in [1.165, 1.54) is 0 Å². The van der Waals surface area contributed by atoms with Gasteiger partial charge in [0.2, 0.25) is 0 Å². The maximum absolute atomic E-state index is 13.1. The first-order chi connectivity index (χ1) is 12.7. The summed E-state index contributed by atoms with van der Waals surface area (Å²) in [5.41, 5.74) is 2.47. The van der Waals surface area contributed by atoms with Crippen molar-refractivity contribution in [1.82, 2.24) is 4.90 Å². The highest BCUT2D eigenvalue weighted by Gasteiger charge is 2.39. The molecule has 0 spiro atoms. The van der Waals surface area contributed by atoms with E-state index < -0.39 is 12.1 Å². The van der Waals surface area contributed by atoms with Crippen LogP contribution >= 0.6 is 0 Å². The lowest BCUT2D eigenvalue weighted by Crippen LogP contribution is -2.45. The van der Waals surface area contributed by atoms with Gasteiger partial charge in [0, 0.05) is 19.0 Å². The van der Waals surface area contributed by atoms with E-state index in [1.54, 1.807) is 13.2 Å². The van der Waals surface area contributed by atoms with E-state index in [0.29, 0.717) is 18.5 Å². The van der Waals surface area contributed by atoms with Crippen LogP contribution in [0.3, 0.4) is 0 Å². The van der Waals surface area contributed by atoms with Gasteiger partial charge in [-0.3, -0.25) is 4.79 Å². The number of carbonyl (C=O) groups is 2. The zero-order valence-corrected chi connectivity index (χ0v) is 14.7. The minimum absolute atomic E-state index is 0.105. The Morgan fingerprint density at radius 3 is 2.58 bits per heavy atom. The minimum Gasteiger partial charge on any atom is -0.497 e. The third kappa shape index (κ3) is 3.29. The summed E-state index contributed by atoms with van der Waals surface area (Å²) in [6.45, 7) is 0.517. The average molecular weight is 351 g/mol. The molecule has 0 aromatic heterocycles. The number of cyclic esters (lactones) is 1. The highest BCUT2D eigenvalue weighted by atomic mass is 16.5. The molecule has 1 saturated carbocycles. The highest BCUT2D eigenvalue weighted by Crippen LogP contribution is 2.31. The van der Waals surface area contributed by atoms with E-state index in [1.807, 2.05) is 47.4 Å². The SMILES string of the molecule is COc1ccc(CN(C(=O)C2Cc3ccccc3C(=O)O2)C2CC2)cc1. The lowest BCUT2D eigenvalue weighted by Gasteiger charge is -2.30. The van der Waals surface area contributed by atoms with Gasteiger partial charge in [-0.2, -0.15) is 0 Å². The third-order valence-electron chi connectivity index (χ3n) is 4.95. The molecule has 5 heteroatoms. The average Bonchev–Trinajstić information content (AvgIpc) is 3.51. The summed E-state index contributed by atoms with van der Waals surface area (Å²) in [4.78, 5) is 27.2. The van der Waals surface area contributed by atoms with Gasteiger partial charge in [0.05, 0.1) is 12.7 Å². The molecule has 5 nitrogen and oxygen atoms in total. The number of esters is 1. The lowest BCUT2D eigenvalue weighted by atomic mass is 9.98. The van der Waals surface area contributed by atoms with Crippen LogP contribution < -0.4 is 4.74 Å². The molecule has 1 aliphatic heterocycles. The number of fused-ring (bicyclic) bond motifs is 1. The van der Waals surface area contributed by atoms with E-state index in [-0.39, 0.29) is 11.9 Å². The van der Waals surface area contributed by atoms with Crippen LogP contribution in [0.1, 0.15) is 34.3 Å². The monoisotopic (exact) mass is 351 g/mol. The predicted molar refractivity (Wildman–Crippen MR) is 95.9 cm³/mol. The number of nitrogens with zero attached hydrogens (tertiary/aromatic N) is 1. The van der Waals surface area contributed by atoms with Crippen LogP contribution in [0, 0.1) is 0 Å². The lowest BCUT2D eigenvalue weighted by molar-refractivity contribution is -0.142. The van der Waals surface area contributed by atoms with Crippen LogP contribution in [-0.2, 0) is 22.5 Å². The van der Waals surface area contributed by atoms with Crippen molar-refractivity contribution in [2.75, 3.05) is 7.11 Å². The molecule has 1 atom stereocenters. The predicted octanol–water partition coefficient (Wildman–Crippen LogP) is 2.97.